The summed E-state index contributed by atoms with van der Waals surface area (Å²) in [6.07, 6.45) is 1.37. The maximum absolute atomic E-state index is 12.1. The van der Waals surface area contributed by atoms with Gasteiger partial charge < -0.3 is 4.42 Å². The Morgan fingerprint density at radius 3 is 2.72 bits per heavy atom. The molecule has 9 heteroatoms. The molecule has 3 rings (SSSR count). The Balaban J connectivity index is 1.75. The predicted molar refractivity (Wildman–Crippen MR) is 94.4 cm³/mol. The number of furan rings is 1. The molecule has 126 valence electrons. The van der Waals surface area contributed by atoms with Gasteiger partial charge in [0.1, 0.15) is 5.58 Å². The third kappa shape index (κ3) is 3.78. The van der Waals surface area contributed by atoms with E-state index in [0.717, 1.165) is 0 Å². The topological polar surface area (TPSA) is 97.7 Å². The summed E-state index contributed by atoms with van der Waals surface area (Å²) in [5.41, 5.74) is 3.15. The number of nitrogens with one attached hydrogen (secondary N) is 1. The van der Waals surface area contributed by atoms with Crippen LogP contribution in [0.25, 0.3) is 11.0 Å². The van der Waals surface area contributed by atoms with Gasteiger partial charge in [0.2, 0.25) is 0 Å². The molecule has 0 bridgehead atoms. The minimum Gasteiger partial charge on any atom is -0.451 e. The second-order valence-corrected chi connectivity index (χ2v) is 5.80. The quantitative estimate of drug-likeness (QED) is 0.413. The van der Waals surface area contributed by atoms with E-state index < -0.39 is 10.8 Å². The smallest absolute Gasteiger partial charge is 0.307 e. The molecule has 1 N–H and O–H groups in total. The van der Waals surface area contributed by atoms with Crippen LogP contribution in [0.5, 0.6) is 0 Å². The average molecular weight is 378 g/mol. The van der Waals surface area contributed by atoms with Crippen LogP contribution in [0.1, 0.15) is 16.1 Å². The van der Waals surface area contributed by atoms with Crippen LogP contribution in [-0.2, 0) is 0 Å². The Kier molecular flexibility index (Phi) is 4.69. The number of nitro benzene ring substituents is 1. The number of amides is 1. The number of rotatable bonds is 4. The van der Waals surface area contributed by atoms with Crippen molar-refractivity contribution in [1.29, 1.82) is 0 Å². The van der Waals surface area contributed by atoms with Crippen LogP contribution in [0.15, 0.2) is 52.0 Å². The van der Waals surface area contributed by atoms with Gasteiger partial charge in [-0.25, -0.2) is 5.43 Å². The number of benzene rings is 2. The number of fused-ring (bicyclic) bond motifs is 1. The first-order valence-corrected chi connectivity index (χ1v) is 7.66. The van der Waals surface area contributed by atoms with Crippen molar-refractivity contribution in [3.63, 3.8) is 0 Å². The van der Waals surface area contributed by atoms with Crippen LogP contribution < -0.4 is 5.43 Å². The van der Waals surface area contributed by atoms with Crippen LogP contribution in [0.2, 0.25) is 10.0 Å². The Morgan fingerprint density at radius 1 is 1.20 bits per heavy atom. The molecular formula is C16H9Cl2N3O4. The van der Waals surface area contributed by atoms with Crippen molar-refractivity contribution in [2.24, 2.45) is 5.10 Å². The molecule has 0 aliphatic rings. The fourth-order valence-electron chi connectivity index (χ4n) is 2.08. The summed E-state index contributed by atoms with van der Waals surface area (Å²) < 4.78 is 5.35. The van der Waals surface area contributed by atoms with Crippen molar-refractivity contribution in [2.45, 2.75) is 0 Å². The summed E-state index contributed by atoms with van der Waals surface area (Å²) in [6.45, 7) is 0. The van der Waals surface area contributed by atoms with Crippen LogP contribution >= 0.6 is 23.2 Å². The number of nitro groups is 1. The van der Waals surface area contributed by atoms with Gasteiger partial charge in [-0.3, -0.25) is 14.9 Å². The van der Waals surface area contributed by atoms with E-state index in [1.807, 2.05) is 0 Å². The first kappa shape index (κ1) is 16.9. The highest BCUT2D eigenvalue weighted by Crippen LogP contribution is 2.24. The van der Waals surface area contributed by atoms with Crippen LogP contribution in [0, 0.1) is 10.1 Å². The molecule has 0 aliphatic heterocycles. The Hall–Kier alpha value is -2.90. The molecule has 0 spiro atoms. The van der Waals surface area contributed by atoms with E-state index >= 15 is 0 Å². The third-order valence-corrected chi connectivity index (χ3v) is 3.83. The molecule has 2 aromatic carbocycles. The lowest BCUT2D eigenvalue weighted by Crippen LogP contribution is -2.16. The Bertz CT molecular complexity index is 1010. The fourth-order valence-corrected chi connectivity index (χ4v) is 2.54. The van der Waals surface area contributed by atoms with Crippen molar-refractivity contribution in [3.05, 3.63) is 73.9 Å². The lowest BCUT2D eigenvalue weighted by Gasteiger charge is -1.98. The minimum atomic E-state index is -0.597. The molecule has 0 saturated heterocycles. The number of nitrogens with zero attached hydrogens (tertiary/aromatic N) is 2. The van der Waals surface area contributed by atoms with Gasteiger partial charge in [-0.15, -0.1) is 0 Å². The largest absolute Gasteiger partial charge is 0.451 e. The zero-order valence-corrected chi connectivity index (χ0v) is 13.9. The first-order valence-electron chi connectivity index (χ1n) is 6.90. The number of hydrogen-bond donors (Lipinski definition) is 1. The average Bonchev–Trinajstić information content (AvgIpc) is 3.00. The molecule has 0 atom stereocenters. The number of halogens is 2. The van der Waals surface area contributed by atoms with Crippen molar-refractivity contribution < 1.29 is 14.1 Å². The molecule has 25 heavy (non-hydrogen) atoms. The second kappa shape index (κ2) is 6.92. The molecule has 7 nitrogen and oxygen atoms in total. The first-order chi connectivity index (χ1) is 11.9. The van der Waals surface area contributed by atoms with Crippen molar-refractivity contribution in [2.75, 3.05) is 0 Å². The van der Waals surface area contributed by atoms with Crippen molar-refractivity contribution >= 4 is 52.0 Å². The summed E-state index contributed by atoms with van der Waals surface area (Å²) in [4.78, 5) is 22.3. The molecule has 0 radical (unpaired) electrons. The van der Waals surface area contributed by atoms with Crippen molar-refractivity contribution in [1.82, 2.24) is 5.43 Å². The van der Waals surface area contributed by atoms with Crippen molar-refractivity contribution in [3.8, 4) is 0 Å². The summed E-state index contributed by atoms with van der Waals surface area (Å²) in [5, 5.41) is 15.9. The molecule has 1 amide bonds. The lowest BCUT2D eigenvalue weighted by atomic mass is 10.2. The normalized spacial score (nSPS) is 11.1. The highest BCUT2D eigenvalue weighted by atomic mass is 35.5. The molecule has 0 aliphatic carbocycles. The summed E-state index contributed by atoms with van der Waals surface area (Å²) in [6, 6.07) is 10.3. The molecule has 0 saturated carbocycles. The summed E-state index contributed by atoms with van der Waals surface area (Å²) in [5.74, 6) is -0.616. The standard InChI is InChI=1S/C16H9Cl2N3O4/c17-11-2-1-9(13(18)7-11)8-19-20-16(22)15-6-10-5-12(21(23)24)3-4-14(10)25-15/h1-8H,(H,20,22)/b19-8-. The third-order valence-electron chi connectivity index (χ3n) is 3.27. The predicted octanol–water partition coefficient (Wildman–Crippen LogP) is 4.41. The van der Waals surface area contributed by atoms with Gasteiger partial charge >= 0.3 is 5.91 Å². The second-order valence-electron chi connectivity index (χ2n) is 4.95. The number of hydrogen-bond acceptors (Lipinski definition) is 5. The SMILES string of the molecule is O=C(N/N=C\c1ccc(Cl)cc1Cl)c1cc2cc([N+](=O)[O-])ccc2o1. The van der Waals surface area contributed by atoms with Gasteiger partial charge in [0, 0.05) is 28.1 Å². The lowest BCUT2D eigenvalue weighted by molar-refractivity contribution is -0.384. The van der Waals surface area contributed by atoms with E-state index in [-0.39, 0.29) is 11.4 Å². The molecule has 0 fully saturated rings. The Morgan fingerprint density at radius 2 is 2.00 bits per heavy atom. The van der Waals surface area contributed by atoms with Crippen LogP contribution in [-0.4, -0.2) is 17.0 Å². The van der Waals surface area contributed by atoms with Gasteiger partial charge in [-0.05, 0) is 24.3 Å². The zero-order chi connectivity index (χ0) is 18.0. The highest BCUT2D eigenvalue weighted by Gasteiger charge is 2.14. The number of carbonyl (C=O) groups is 1. The van der Waals surface area contributed by atoms with E-state index in [0.29, 0.717) is 26.6 Å². The fraction of sp³-hybridized carbons (Fsp3) is 0. The van der Waals surface area contributed by atoms with Crippen LogP contribution in [0.4, 0.5) is 5.69 Å². The van der Waals surface area contributed by atoms with E-state index in [1.54, 1.807) is 18.2 Å². The summed E-state index contributed by atoms with van der Waals surface area (Å²) >= 11 is 11.8. The van der Waals surface area contributed by atoms with Gasteiger partial charge in [0.05, 0.1) is 16.2 Å². The van der Waals surface area contributed by atoms with E-state index in [2.05, 4.69) is 10.5 Å². The molecule has 1 heterocycles. The maximum Gasteiger partial charge on any atom is 0.307 e. The van der Waals surface area contributed by atoms with Crippen LogP contribution in [0.3, 0.4) is 0 Å². The number of non-ortho nitro benzene ring substituents is 1. The van der Waals surface area contributed by atoms with Gasteiger partial charge in [0.25, 0.3) is 5.69 Å². The number of carbonyl (C=O) groups excluding carboxylic acids is 1. The highest BCUT2D eigenvalue weighted by molar-refractivity contribution is 6.36. The van der Waals surface area contributed by atoms with E-state index in [9.17, 15) is 14.9 Å². The summed E-state index contributed by atoms with van der Waals surface area (Å²) in [7, 11) is 0. The van der Waals surface area contributed by atoms with Gasteiger partial charge in [-0.2, -0.15) is 5.10 Å². The molecule has 1 aromatic heterocycles. The monoisotopic (exact) mass is 377 g/mol. The van der Waals surface area contributed by atoms with E-state index in [4.69, 9.17) is 27.6 Å². The van der Waals surface area contributed by atoms with Gasteiger partial charge in [0.15, 0.2) is 5.76 Å². The molecular weight excluding hydrogens is 369 g/mol. The maximum atomic E-state index is 12.1. The van der Waals surface area contributed by atoms with E-state index in [1.165, 1.54) is 30.5 Å². The molecule has 0 unspecified atom stereocenters. The zero-order valence-electron chi connectivity index (χ0n) is 12.4. The minimum absolute atomic E-state index is 0.0187. The molecule has 3 aromatic rings. The Labute approximate surface area is 151 Å². The van der Waals surface area contributed by atoms with Gasteiger partial charge in [-0.1, -0.05) is 29.3 Å². The number of hydrazone groups is 1.